The zero-order valence-electron chi connectivity index (χ0n) is 14.3. The Morgan fingerprint density at radius 3 is 2.88 bits per heavy atom. The molecule has 1 saturated heterocycles. The topological polar surface area (TPSA) is 67.4 Å². The number of thiazole rings is 2. The molecular weight excluding hydrogens is 344 g/mol. The maximum Gasteiger partial charge on any atom is 0.256 e. The Morgan fingerprint density at radius 1 is 1.42 bits per heavy atom. The SMILES string of the molecule is Cc1nc(C)c(-c2csc(NC(=O)C3CN(C(C)C)CCO3)n2)s1. The van der Waals surface area contributed by atoms with Crippen LogP contribution in [0.2, 0.25) is 0 Å². The van der Waals surface area contributed by atoms with Crippen LogP contribution >= 0.6 is 22.7 Å². The fourth-order valence-corrected chi connectivity index (χ4v) is 4.35. The predicted molar refractivity (Wildman–Crippen MR) is 97.8 cm³/mol. The molecule has 1 atom stereocenters. The smallest absolute Gasteiger partial charge is 0.256 e. The van der Waals surface area contributed by atoms with Gasteiger partial charge in [-0.1, -0.05) is 0 Å². The summed E-state index contributed by atoms with van der Waals surface area (Å²) in [6.45, 7) is 10.3. The van der Waals surface area contributed by atoms with Crippen molar-refractivity contribution in [2.45, 2.75) is 39.8 Å². The number of hydrogen-bond acceptors (Lipinski definition) is 7. The van der Waals surface area contributed by atoms with Crippen LogP contribution in [0.4, 0.5) is 5.13 Å². The van der Waals surface area contributed by atoms with Crippen LogP contribution < -0.4 is 5.32 Å². The van der Waals surface area contributed by atoms with Crippen molar-refractivity contribution < 1.29 is 9.53 Å². The summed E-state index contributed by atoms with van der Waals surface area (Å²) >= 11 is 3.05. The van der Waals surface area contributed by atoms with Crippen molar-refractivity contribution in [3.63, 3.8) is 0 Å². The number of hydrogen-bond donors (Lipinski definition) is 1. The molecule has 1 unspecified atom stereocenters. The van der Waals surface area contributed by atoms with Crippen LogP contribution in [-0.4, -0.2) is 52.6 Å². The van der Waals surface area contributed by atoms with Crippen LogP contribution in [0.1, 0.15) is 24.5 Å². The highest BCUT2D eigenvalue weighted by molar-refractivity contribution is 7.16. The Kier molecular flexibility index (Phi) is 5.29. The van der Waals surface area contributed by atoms with Gasteiger partial charge in [-0.05, 0) is 27.7 Å². The molecule has 8 heteroatoms. The van der Waals surface area contributed by atoms with Crippen molar-refractivity contribution in [2.24, 2.45) is 0 Å². The number of anilines is 1. The first-order valence-corrected chi connectivity index (χ1v) is 9.70. The summed E-state index contributed by atoms with van der Waals surface area (Å²) in [7, 11) is 0. The molecule has 3 heterocycles. The Balaban J connectivity index is 1.66. The summed E-state index contributed by atoms with van der Waals surface area (Å²) in [5.41, 5.74) is 1.84. The first-order valence-electron chi connectivity index (χ1n) is 8.00. The molecule has 0 saturated carbocycles. The fourth-order valence-electron chi connectivity index (χ4n) is 2.69. The maximum absolute atomic E-state index is 12.4. The highest BCUT2D eigenvalue weighted by Gasteiger charge is 2.28. The molecule has 0 radical (unpaired) electrons. The van der Waals surface area contributed by atoms with Gasteiger partial charge in [-0.25, -0.2) is 9.97 Å². The minimum atomic E-state index is -0.444. The molecule has 130 valence electrons. The lowest BCUT2D eigenvalue weighted by Crippen LogP contribution is -2.50. The van der Waals surface area contributed by atoms with Crippen molar-refractivity contribution in [1.82, 2.24) is 14.9 Å². The lowest BCUT2D eigenvalue weighted by atomic mass is 10.2. The molecule has 1 aliphatic heterocycles. The summed E-state index contributed by atoms with van der Waals surface area (Å²) in [5.74, 6) is -0.126. The van der Waals surface area contributed by atoms with Crippen molar-refractivity contribution in [3.05, 3.63) is 16.1 Å². The summed E-state index contributed by atoms with van der Waals surface area (Å²) < 4.78 is 5.62. The molecule has 1 N–H and O–H groups in total. The number of morpholine rings is 1. The van der Waals surface area contributed by atoms with Gasteiger partial charge in [-0.15, -0.1) is 22.7 Å². The molecule has 0 aliphatic carbocycles. The molecule has 2 aromatic heterocycles. The van der Waals surface area contributed by atoms with E-state index in [1.165, 1.54) is 11.3 Å². The first kappa shape index (κ1) is 17.5. The molecule has 1 fully saturated rings. The number of carbonyl (C=O) groups excluding carboxylic acids is 1. The molecular formula is C16H22N4O2S2. The molecule has 2 aromatic rings. The van der Waals surface area contributed by atoms with Gasteiger partial charge in [0.05, 0.1) is 27.9 Å². The number of aromatic nitrogens is 2. The normalized spacial score (nSPS) is 19.0. The average molecular weight is 367 g/mol. The molecule has 0 bridgehead atoms. The minimum absolute atomic E-state index is 0.126. The van der Waals surface area contributed by atoms with E-state index in [1.54, 1.807) is 11.3 Å². The lowest BCUT2D eigenvalue weighted by molar-refractivity contribution is -0.133. The third-order valence-corrected chi connectivity index (χ3v) is 5.84. The lowest BCUT2D eigenvalue weighted by Gasteiger charge is -2.34. The van der Waals surface area contributed by atoms with Crippen molar-refractivity contribution in [1.29, 1.82) is 0 Å². The predicted octanol–water partition coefficient (Wildman–Crippen LogP) is 2.93. The third kappa shape index (κ3) is 3.83. The van der Waals surface area contributed by atoms with Crippen LogP contribution in [0.15, 0.2) is 5.38 Å². The first-order chi connectivity index (χ1) is 11.4. The van der Waals surface area contributed by atoms with Gasteiger partial charge < -0.3 is 4.74 Å². The van der Waals surface area contributed by atoms with Gasteiger partial charge in [0.15, 0.2) is 5.13 Å². The molecule has 6 nitrogen and oxygen atoms in total. The fraction of sp³-hybridized carbons (Fsp3) is 0.562. The quantitative estimate of drug-likeness (QED) is 0.901. The summed E-state index contributed by atoms with van der Waals surface area (Å²) in [6, 6.07) is 0.410. The molecule has 3 rings (SSSR count). The van der Waals surface area contributed by atoms with E-state index in [4.69, 9.17) is 4.74 Å². The van der Waals surface area contributed by atoms with Crippen LogP contribution in [0, 0.1) is 13.8 Å². The van der Waals surface area contributed by atoms with Crippen LogP contribution in [0.5, 0.6) is 0 Å². The Hall–Kier alpha value is -1.35. The molecule has 1 amide bonds. The van der Waals surface area contributed by atoms with E-state index in [9.17, 15) is 4.79 Å². The van der Waals surface area contributed by atoms with Gasteiger partial charge in [0.2, 0.25) is 0 Å². The van der Waals surface area contributed by atoms with Gasteiger partial charge >= 0.3 is 0 Å². The Labute approximate surface area is 149 Å². The van der Waals surface area contributed by atoms with Gasteiger partial charge in [0.1, 0.15) is 6.10 Å². The van der Waals surface area contributed by atoms with Crippen LogP contribution in [0.25, 0.3) is 10.6 Å². The van der Waals surface area contributed by atoms with Crippen molar-refractivity contribution in [3.8, 4) is 10.6 Å². The van der Waals surface area contributed by atoms with E-state index in [1.807, 2.05) is 19.2 Å². The second kappa shape index (κ2) is 7.26. The largest absolute Gasteiger partial charge is 0.366 e. The van der Waals surface area contributed by atoms with E-state index in [0.717, 1.165) is 27.8 Å². The number of nitrogens with zero attached hydrogens (tertiary/aromatic N) is 3. The molecule has 1 aliphatic rings. The van der Waals surface area contributed by atoms with Crippen LogP contribution in [0.3, 0.4) is 0 Å². The van der Waals surface area contributed by atoms with Crippen LogP contribution in [-0.2, 0) is 9.53 Å². The van der Waals surface area contributed by atoms with E-state index >= 15 is 0 Å². The number of carbonyl (C=O) groups is 1. The molecule has 0 aromatic carbocycles. The summed E-state index contributed by atoms with van der Waals surface area (Å²) in [4.78, 5) is 24.7. The molecule has 24 heavy (non-hydrogen) atoms. The standard InChI is InChI=1S/C16H22N4O2S2/c1-9(2)20-5-6-22-13(7-20)15(21)19-16-18-12(8-23-16)14-10(3)17-11(4)24-14/h8-9,13H,5-7H2,1-4H3,(H,18,19,21). The number of ether oxygens (including phenoxy) is 1. The van der Waals surface area contributed by atoms with E-state index in [0.29, 0.717) is 24.3 Å². The van der Waals surface area contributed by atoms with Crippen molar-refractivity contribution in [2.75, 3.05) is 25.0 Å². The molecule has 0 spiro atoms. The Morgan fingerprint density at radius 2 is 2.21 bits per heavy atom. The monoisotopic (exact) mass is 366 g/mol. The van der Waals surface area contributed by atoms with E-state index < -0.39 is 6.10 Å². The second-order valence-electron chi connectivity index (χ2n) is 6.12. The van der Waals surface area contributed by atoms with Gasteiger partial charge in [-0.3, -0.25) is 15.0 Å². The second-order valence-corrected chi connectivity index (χ2v) is 8.18. The number of amides is 1. The highest BCUT2D eigenvalue weighted by Crippen LogP contribution is 2.32. The average Bonchev–Trinajstić information content (AvgIpc) is 3.13. The number of nitrogens with one attached hydrogen (secondary N) is 1. The summed E-state index contributed by atoms with van der Waals surface area (Å²) in [6.07, 6.45) is -0.444. The number of rotatable bonds is 4. The van der Waals surface area contributed by atoms with Gasteiger partial charge in [0, 0.05) is 24.5 Å². The third-order valence-electron chi connectivity index (χ3n) is 3.99. The van der Waals surface area contributed by atoms with E-state index in [2.05, 4.69) is 34.0 Å². The van der Waals surface area contributed by atoms with Gasteiger partial charge in [0.25, 0.3) is 5.91 Å². The van der Waals surface area contributed by atoms with E-state index in [-0.39, 0.29) is 5.91 Å². The zero-order chi connectivity index (χ0) is 17.3. The van der Waals surface area contributed by atoms with Gasteiger partial charge in [-0.2, -0.15) is 0 Å². The summed E-state index contributed by atoms with van der Waals surface area (Å²) in [5, 5.41) is 6.47. The zero-order valence-corrected chi connectivity index (χ0v) is 16.0. The Bertz CT molecular complexity index is 725. The maximum atomic E-state index is 12.4. The highest BCUT2D eigenvalue weighted by atomic mass is 32.1. The van der Waals surface area contributed by atoms with Crippen molar-refractivity contribution >= 4 is 33.7 Å². The number of aryl methyl sites for hydroxylation is 2. The minimum Gasteiger partial charge on any atom is -0.366 e.